The summed E-state index contributed by atoms with van der Waals surface area (Å²) in [5.74, 6) is 0.202. The number of carbonyl (C=O) groups is 2. The molecule has 2 rings (SSSR count). The van der Waals surface area contributed by atoms with Crippen LogP contribution in [0.1, 0.15) is 6.92 Å². The van der Waals surface area contributed by atoms with Crippen LogP contribution in [-0.2, 0) is 9.59 Å². The van der Waals surface area contributed by atoms with Gasteiger partial charge in [-0.2, -0.15) is 0 Å². The van der Waals surface area contributed by atoms with Crippen molar-refractivity contribution in [2.45, 2.75) is 6.92 Å². The lowest BCUT2D eigenvalue weighted by Gasteiger charge is -2.29. The number of fused-ring (bicyclic) bond motifs is 1. The third-order valence-electron chi connectivity index (χ3n) is 3.04. The lowest BCUT2D eigenvalue weighted by atomic mass is 10.2. The van der Waals surface area contributed by atoms with E-state index < -0.39 is 0 Å². The van der Waals surface area contributed by atoms with Crippen molar-refractivity contribution in [3.8, 4) is 5.75 Å². The molecule has 114 valence electrons. The van der Waals surface area contributed by atoms with E-state index in [1.807, 2.05) is 13.0 Å². The maximum absolute atomic E-state index is 12.0. The minimum Gasteiger partial charge on any atom is -0.482 e. The van der Waals surface area contributed by atoms with E-state index in [2.05, 4.69) is 26.6 Å². The number of likely N-dealkylation sites (N-methyl/N-ethyl adjacent to an activating group) is 1. The predicted molar refractivity (Wildman–Crippen MR) is 83.5 cm³/mol. The zero-order valence-electron chi connectivity index (χ0n) is 11.8. The molecule has 1 aromatic carbocycles. The van der Waals surface area contributed by atoms with Gasteiger partial charge in [-0.05, 0) is 24.7 Å². The quantitative estimate of drug-likeness (QED) is 0.743. The fraction of sp³-hybridized carbons (Fsp3) is 0.429. The van der Waals surface area contributed by atoms with Crippen molar-refractivity contribution in [3.63, 3.8) is 0 Å². The van der Waals surface area contributed by atoms with Crippen LogP contribution in [0.25, 0.3) is 0 Å². The van der Waals surface area contributed by atoms with Crippen molar-refractivity contribution >= 4 is 33.4 Å². The molecular weight excluding hydrogens is 338 g/mol. The number of hydrogen-bond acceptors (Lipinski definition) is 4. The van der Waals surface area contributed by atoms with Gasteiger partial charge in [0.25, 0.3) is 5.91 Å². The lowest BCUT2D eigenvalue weighted by Crippen LogP contribution is -2.46. The Hall–Kier alpha value is -1.60. The molecule has 0 aromatic heterocycles. The highest BCUT2D eigenvalue weighted by Gasteiger charge is 2.27. The molecule has 0 saturated heterocycles. The Kier molecular flexibility index (Phi) is 5.58. The number of amides is 2. The van der Waals surface area contributed by atoms with Crippen LogP contribution in [0, 0.1) is 0 Å². The first-order chi connectivity index (χ1) is 10.1. The fourth-order valence-electron chi connectivity index (χ4n) is 2.02. The van der Waals surface area contributed by atoms with Gasteiger partial charge in [0.1, 0.15) is 12.3 Å². The number of halogens is 1. The highest BCUT2D eigenvalue weighted by Crippen LogP contribution is 2.34. The Balaban J connectivity index is 1.99. The van der Waals surface area contributed by atoms with E-state index in [1.54, 1.807) is 12.1 Å². The first-order valence-electron chi connectivity index (χ1n) is 6.82. The molecule has 0 saturated carbocycles. The molecule has 2 N–H and O–H groups in total. The topological polar surface area (TPSA) is 70.7 Å². The molecule has 0 atom stereocenters. The molecule has 1 heterocycles. The summed E-state index contributed by atoms with van der Waals surface area (Å²) in [7, 11) is 0. The number of carbonyl (C=O) groups excluding carboxylic acids is 2. The van der Waals surface area contributed by atoms with E-state index in [-0.39, 0.29) is 25.0 Å². The first-order valence-corrected chi connectivity index (χ1v) is 7.61. The van der Waals surface area contributed by atoms with Crippen LogP contribution in [0.15, 0.2) is 22.7 Å². The van der Waals surface area contributed by atoms with Crippen LogP contribution in [0.4, 0.5) is 5.69 Å². The van der Waals surface area contributed by atoms with Crippen LogP contribution in [0.3, 0.4) is 0 Å². The molecule has 1 aliphatic rings. The summed E-state index contributed by atoms with van der Waals surface area (Å²) in [6, 6.07) is 5.37. The number of nitrogens with one attached hydrogen (secondary N) is 2. The van der Waals surface area contributed by atoms with Gasteiger partial charge >= 0.3 is 0 Å². The molecule has 0 spiro atoms. The zero-order valence-corrected chi connectivity index (χ0v) is 13.4. The van der Waals surface area contributed by atoms with E-state index in [0.29, 0.717) is 24.5 Å². The molecule has 0 bridgehead atoms. The molecule has 1 aliphatic heterocycles. The number of hydrogen-bond donors (Lipinski definition) is 2. The summed E-state index contributed by atoms with van der Waals surface area (Å²) in [4.78, 5) is 25.3. The number of anilines is 1. The van der Waals surface area contributed by atoms with Gasteiger partial charge in [0, 0.05) is 17.6 Å². The number of benzene rings is 1. The van der Waals surface area contributed by atoms with Crippen molar-refractivity contribution in [1.29, 1.82) is 0 Å². The molecule has 1 aromatic rings. The maximum Gasteiger partial charge on any atom is 0.265 e. The Labute approximate surface area is 132 Å². The molecule has 21 heavy (non-hydrogen) atoms. The molecule has 0 radical (unpaired) electrons. The summed E-state index contributed by atoms with van der Waals surface area (Å²) in [5, 5.41) is 5.90. The van der Waals surface area contributed by atoms with E-state index in [9.17, 15) is 9.59 Å². The van der Waals surface area contributed by atoms with Gasteiger partial charge in [0.05, 0.1) is 5.69 Å². The molecule has 7 heteroatoms. The largest absolute Gasteiger partial charge is 0.482 e. The van der Waals surface area contributed by atoms with Gasteiger partial charge in [-0.3, -0.25) is 14.5 Å². The van der Waals surface area contributed by atoms with Crippen molar-refractivity contribution in [1.82, 2.24) is 10.6 Å². The number of rotatable bonds is 6. The Morgan fingerprint density at radius 2 is 2.24 bits per heavy atom. The van der Waals surface area contributed by atoms with Crippen molar-refractivity contribution in [2.24, 2.45) is 0 Å². The Morgan fingerprint density at radius 1 is 1.43 bits per heavy atom. The molecule has 0 unspecified atom stereocenters. The minimum absolute atomic E-state index is 0.00293. The first kappa shape index (κ1) is 15.8. The highest BCUT2D eigenvalue weighted by atomic mass is 79.9. The van der Waals surface area contributed by atoms with Gasteiger partial charge in [0.15, 0.2) is 6.61 Å². The van der Waals surface area contributed by atoms with E-state index in [1.165, 1.54) is 4.90 Å². The predicted octanol–water partition coefficient (Wildman–Crippen LogP) is 0.900. The van der Waals surface area contributed by atoms with Crippen molar-refractivity contribution in [2.75, 3.05) is 37.7 Å². The number of ether oxygens (including phenoxy) is 1. The average molecular weight is 356 g/mol. The van der Waals surface area contributed by atoms with Crippen LogP contribution in [0.5, 0.6) is 5.75 Å². The summed E-state index contributed by atoms with van der Waals surface area (Å²) in [5.41, 5.74) is 0.622. The zero-order chi connectivity index (χ0) is 15.2. The third-order valence-corrected chi connectivity index (χ3v) is 3.53. The second-order valence-electron chi connectivity index (χ2n) is 4.58. The fourth-order valence-corrected chi connectivity index (χ4v) is 2.36. The average Bonchev–Trinajstić information content (AvgIpc) is 2.46. The van der Waals surface area contributed by atoms with Crippen molar-refractivity contribution in [3.05, 3.63) is 22.7 Å². The maximum atomic E-state index is 12.0. The smallest absolute Gasteiger partial charge is 0.265 e. The Bertz CT molecular complexity index is 536. The highest BCUT2D eigenvalue weighted by molar-refractivity contribution is 9.10. The van der Waals surface area contributed by atoms with Gasteiger partial charge in [-0.25, -0.2) is 0 Å². The minimum atomic E-state index is -0.216. The lowest BCUT2D eigenvalue weighted by molar-refractivity contribution is -0.125. The second kappa shape index (κ2) is 7.42. The van der Waals surface area contributed by atoms with Gasteiger partial charge in [-0.15, -0.1) is 0 Å². The molecular formula is C14H18BrN3O3. The molecule has 0 aliphatic carbocycles. The summed E-state index contributed by atoms with van der Waals surface area (Å²) in [6.07, 6.45) is 0. The summed E-state index contributed by atoms with van der Waals surface area (Å²) < 4.78 is 6.24. The summed E-state index contributed by atoms with van der Waals surface area (Å²) >= 11 is 3.36. The van der Waals surface area contributed by atoms with Crippen molar-refractivity contribution < 1.29 is 14.3 Å². The monoisotopic (exact) mass is 355 g/mol. The summed E-state index contributed by atoms with van der Waals surface area (Å²) in [6.45, 7) is 4.07. The molecule has 6 nitrogen and oxygen atoms in total. The van der Waals surface area contributed by atoms with E-state index >= 15 is 0 Å². The SMILES string of the molecule is CCNCCNC(=O)CN1C(=O)COc2cc(Br)ccc21. The normalized spacial score (nSPS) is 13.6. The van der Waals surface area contributed by atoms with Gasteiger partial charge in [0.2, 0.25) is 5.91 Å². The van der Waals surface area contributed by atoms with Gasteiger partial charge in [-0.1, -0.05) is 22.9 Å². The van der Waals surface area contributed by atoms with Crippen LogP contribution in [0.2, 0.25) is 0 Å². The second-order valence-corrected chi connectivity index (χ2v) is 5.50. The molecule has 2 amide bonds. The Morgan fingerprint density at radius 3 is 3.00 bits per heavy atom. The van der Waals surface area contributed by atoms with Crippen LogP contribution in [-0.4, -0.2) is 44.6 Å². The standard InChI is InChI=1S/C14H18BrN3O3/c1-2-16-5-6-17-13(19)8-18-11-4-3-10(15)7-12(11)21-9-14(18)20/h3-4,7,16H,2,5-6,8-9H2,1H3,(H,17,19). The third kappa shape index (κ3) is 4.18. The van der Waals surface area contributed by atoms with Crippen LogP contribution < -0.4 is 20.3 Å². The van der Waals surface area contributed by atoms with Crippen LogP contribution >= 0.6 is 15.9 Å². The van der Waals surface area contributed by atoms with Gasteiger partial charge < -0.3 is 15.4 Å². The van der Waals surface area contributed by atoms with E-state index in [0.717, 1.165) is 11.0 Å². The molecule has 0 fully saturated rings. The number of nitrogens with zero attached hydrogens (tertiary/aromatic N) is 1. The van der Waals surface area contributed by atoms with E-state index in [4.69, 9.17) is 4.74 Å².